The van der Waals surface area contributed by atoms with Crippen LogP contribution in [0.3, 0.4) is 0 Å². The number of nitrogens with zero attached hydrogens (tertiary/aromatic N) is 2. The standard InChI is InChI=1S/C26H27N3O6S/c1-34-21-14-18(10-11-20(21)35-17-23(30)27-19-8-4-2-5-9-19)15-22-25(32)29(26(33)36-22)16-24(31)28-12-6-3-7-13-28/h2,4-5,8-11,14-15H,3,6-7,12-13,16-17H2,1H3,(H,27,30)/b22-15+. The summed E-state index contributed by atoms with van der Waals surface area (Å²) in [6, 6.07) is 14.0. The molecule has 2 aromatic carbocycles. The maximum Gasteiger partial charge on any atom is 0.294 e. The molecule has 0 bridgehead atoms. The van der Waals surface area contributed by atoms with E-state index in [1.165, 1.54) is 7.11 Å². The highest BCUT2D eigenvalue weighted by Gasteiger charge is 2.37. The number of ether oxygens (including phenoxy) is 2. The third kappa shape index (κ3) is 6.25. The average Bonchev–Trinajstić information content (AvgIpc) is 3.16. The Hall–Kier alpha value is -3.79. The summed E-state index contributed by atoms with van der Waals surface area (Å²) in [5, 5.41) is 2.27. The second-order valence-corrected chi connectivity index (χ2v) is 9.32. The van der Waals surface area contributed by atoms with E-state index in [2.05, 4.69) is 5.32 Å². The molecule has 4 amide bonds. The summed E-state index contributed by atoms with van der Waals surface area (Å²) in [4.78, 5) is 52.9. The maximum atomic E-state index is 12.8. The Labute approximate surface area is 213 Å². The van der Waals surface area contributed by atoms with Crippen LogP contribution in [0.25, 0.3) is 6.08 Å². The van der Waals surface area contributed by atoms with Gasteiger partial charge in [0.1, 0.15) is 6.54 Å². The fourth-order valence-corrected chi connectivity index (χ4v) is 4.76. The second-order valence-electron chi connectivity index (χ2n) is 8.32. The van der Waals surface area contributed by atoms with E-state index in [9.17, 15) is 19.2 Å². The lowest BCUT2D eigenvalue weighted by Gasteiger charge is -2.27. The molecule has 1 N–H and O–H groups in total. The van der Waals surface area contributed by atoms with Gasteiger partial charge in [0, 0.05) is 18.8 Å². The number of likely N-dealkylation sites (tertiary alicyclic amines) is 1. The third-order valence-corrected chi connectivity index (χ3v) is 6.68. The van der Waals surface area contributed by atoms with Crippen LogP contribution in [0.2, 0.25) is 0 Å². The number of thioether (sulfide) groups is 1. The summed E-state index contributed by atoms with van der Waals surface area (Å²) < 4.78 is 11.0. The van der Waals surface area contributed by atoms with E-state index >= 15 is 0 Å². The molecular formula is C26H27N3O6S. The minimum atomic E-state index is -0.493. The van der Waals surface area contributed by atoms with E-state index in [0.29, 0.717) is 35.8 Å². The van der Waals surface area contributed by atoms with Crippen LogP contribution in [0.15, 0.2) is 53.4 Å². The molecule has 0 spiro atoms. The number of hydrogen-bond donors (Lipinski definition) is 1. The van der Waals surface area contributed by atoms with E-state index in [4.69, 9.17) is 9.47 Å². The molecule has 0 aliphatic carbocycles. The van der Waals surface area contributed by atoms with Crippen molar-refractivity contribution in [3.63, 3.8) is 0 Å². The Bertz CT molecular complexity index is 1180. The zero-order valence-corrected chi connectivity index (χ0v) is 20.7. The molecule has 36 heavy (non-hydrogen) atoms. The molecule has 188 valence electrons. The van der Waals surface area contributed by atoms with Crippen LogP contribution in [0.4, 0.5) is 10.5 Å². The number of nitrogens with one attached hydrogen (secondary N) is 1. The smallest absolute Gasteiger partial charge is 0.294 e. The lowest BCUT2D eigenvalue weighted by molar-refractivity contribution is -0.136. The number of imide groups is 1. The van der Waals surface area contributed by atoms with Gasteiger partial charge in [0.25, 0.3) is 17.1 Å². The molecule has 0 radical (unpaired) electrons. The predicted molar refractivity (Wildman–Crippen MR) is 137 cm³/mol. The second kappa shape index (κ2) is 11.8. The van der Waals surface area contributed by atoms with E-state index in [-0.39, 0.29) is 29.9 Å². The average molecular weight is 510 g/mol. The first-order valence-electron chi connectivity index (χ1n) is 11.6. The zero-order chi connectivity index (χ0) is 25.5. The summed E-state index contributed by atoms with van der Waals surface area (Å²) in [7, 11) is 1.47. The number of benzene rings is 2. The Kier molecular flexibility index (Phi) is 8.27. The third-order valence-electron chi connectivity index (χ3n) is 5.78. The Morgan fingerprint density at radius 1 is 1.03 bits per heavy atom. The van der Waals surface area contributed by atoms with Crippen molar-refractivity contribution >= 4 is 46.5 Å². The summed E-state index contributed by atoms with van der Waals surface area (Å²) in [6.45, 7) is 0.859. The van der Waals surface area contributed by atoms with Gasteiger partial charge in [0.15, 0.2) is 18.1 Å². The minimum Gasteiger partial charge on any atom is -0.493 e. The number of piperidine rings is 1. The summed E-state index contributed by atoms with van der Waals surface area (Å²) in [6.07, 6.45) is 4.53. The normalized spacial score (nSPS) is 16.9. The molecule has 4 rings (SSSR count). The monoisotopic (exact) mass is 509 g/mol. The number of methoxy groups -OCH3 is 1. The number of hydrogen-bond acceptors (Lipinski definition) is 7. The summed E-state index contributed by atoms with van der Waals surface area (Å²) in [5.74, 6) is -0.293. The van der Waals surface area contributed by atoms with Gasteiger partial charge in [-0.1, -0.05) is 24.3 Å². The molecular weight excluding hydrogens is 482 g/mol. The number of anilines is 1. The molecule has 0 aromatic heterocycles. The van der Waals surface area contributed by atoms with E-state index in [1.54, 1.807) is 41.3 Å². The predicted octanol–water partition coefficient (Wildman–Crippen LogP) is 3.76. The van der Waals surface area contributed by atoms with Gasteiger partial charge in [-0.25, -0.2) is 0 Å². The minimum absolute atomic E-state index is 0.210. The Morgan fingerprint density at radius 3 is 2.50 bits per heavy atom. The molecule has 2 aliphatic heterocycles. The lowest BCUT2D eigenvalue weighted by Crippen LogP contribution is -2.44. The van der Waals surface area contributed by atoms with Crippen LogP contribution in [-0.2, 0) is 14.4 Å². The van der Waals surface area contributed by atoms with E-state index in [0.717, 1.165) is 35.9 Å². The van der Waals surface area contributed by atoms with Gasteiger partial charge < -0.3 is 19.7 Å². The largest absolute Gasteiger partial charge is 0.493 e. The quantitative estimate of drug-likeness (QED) is 0.540. The first-order chi connectivity index (χ1) is 17.4. The SMILES string of the molecule is COc1cc(/C=C2/SC(=O)N(CC(=O)N3CCCCC3)C2=O)ccc1OCC(=O)Nc1ccccc1. The molecule has 10 heteroatoms. The zero-order valence-electron chi connectivity index (χ0n) is 19.9. The van der Waals surface area contributed by atoms with Gasteiger partial charge in [-0.2, -0.15) is 0 Å². The van der Waals surface area contributed by atoms with Crippen molar-refractivity contribution in [1.82, 2.24) is 9.80 Å². The number of rotatable bonds is 8. The molecule has 2 fully saturated rings. The number of para-hydroxylation sites is 1. The van der Waals surface area contributed by atoms with Crippen LogP contribution in [0.1, 0.15) is 24.8 Å². The summed E-state index contributed by atoms with van der Waals surface area (Å²) >= 11 is 0.801. The van der Waals surface area contributed by atoms with Crippen LogP contribution >= 0.6 is 11.8 Å². The van der Waals surface area contributed by atoms with Crippen molar-refractivity contribution in [2.45, 2.75) is 19.3 Å². The fourth-order valence-electron chi connectivity index (χ4n) is 3.92. The van der Waals surface area contributed by atoms with Crippen LogP contribution in [-0.4, -0.2) is 66.1 Å². The van der Waals surface area contributed by atoms with Crippen LogP contribution in [0.5, 0.6) is 11.5 Å². The molecule has 2 saturated heterocycles. The first-order valence-corrected chi connectivity index (χ1v) is 12.4. The molecule has 2 aromatic rings. The molecule has 2 heterocycles. The van der Waals surface area contributed by atoms with Crippen molar-refractivity contribution in [2.24, 2.45) is 0 Å². The molecule has 0 saturated carbocycles. The molecule has 9 nitrogen and oxygen atoms in total. The van der Waals surface area contributed by atoms with Gasteiger partial charge in [-0.05, 0) is 66.9 Å². The van der Waals surface area contributed by atoms with Gasteiger partial charge >= 0.3 is 0 Å². The fraction of sp³-hybridized carbons (Fsp3) is 0.308. The first kappa shape index (κ1) is 25.3. The highest BCUT2D eigenvalue weighted by atomic mass is 32.2. The van der Waals surface area contributed by atoms with Crippen molar-refractivity contribution in [3.05, 3.63) is 59.0 Å². The van der Waals surface area contributed by atoms with Crippen molar-refractivity contribution in [2.75, 3.05) is 38.7 Å². The van der Waals surface area contributed by atoms with Gasteiger partial charge in [0.05, 0.1) is 12.0 Å². The van der Waals surface area contributed by atoms with Crippen LogP contribution < -0.4 is 14.8 Å². The summed E-state index contributed by atoms with van der Waals surface area (Å²) in [5.41, 5.74) is 1.28. The molecule has 0 atom stereocenters. The van der Waals surface area contributed by atoms with Crippen molar-refractivity contribution in [3.8, 4) is 11.5 Å². The van der Waals surface area contributed by atoms with Gasteiger partial charge in [-0.15, -0.1) is 0 Å². The number of amides is 4. The van der Waals surface area contributed by atoms with Gasteiger partial charge in [0.2, 0.25) is 5.91 Å². The lowest BCUT2D eigenvalue weighted by atomic mass is 10.1. The van der Waals surface area contributed by atoms with Crippen LogP contribution in [0, 0.1) is 0 Å². The molecule has 2 aliphatic rings. The van der Waals surface area contributed by atoms with E-state index < -0.39 is 11.1 Å². The highest BCUT2D eigenvalue weighted by Crippen LogP contribution is 2.34. The number of carbonyl (C=O) groups excluding carboxylic acids is 4. The molecule has 0 unspecified atom stereocenters. The van der Waals surface area contributed by atoms with E-state index in [1.807, 2.05) is 18.2 Å². The van der Waals surface area contributed by atoms with Crippen molar-refractivity contribution in [1.29, 1.82) is 0 Å². The Morgan fingerprint density at radius 2 is 1.78 bits per heavy atom. The van der Waals surface area contributed by atoms with Crippen molar-refractivity contribution < 1.29 is 28.7 Å². The Balaban J connectivity index is 1.38. The topological polar surface area (TPSA) is 105 Å². The number of carbonyl (C=O) groups is 4. The highest BCUT2D eigenvalue weighted by molar-refractivity contribution is 8.18. The maximum absolute atomic E-state index is 12.8. The van der Waals surface area contributed by atoms with Gasteiger partial charge in [-0.3, -0.25) is 24.1 Å².